The first kappa shape index (κ1) is 26.3. The first-order chi connectivity index (χ1) is 14.7. The number of benzene rings is 2. The summed E-state index contributed by atoms with van der Waals surface area (Å²) in [7, 11) is 0. The molecule has 2 rings (SSSR count). The van der Waals surface area contributed by atoms with E-state index in [1.807, 2.05) is 5.32 Å². The second-order valence-electron chi connectivity index (χ2n) is 6.08. The summed E-state index contributed by atoms with van der Waals surface area (Å²) in [4.78, 5) is 35.2. The van der Waals surface area contributed by atoms with Gasteiger partial charge in [0.1, 0.15) is 11.6 Å². The van der Waals surface area contributed by atoms with Crippen LogP contribution in [0.4, 0.5) is 25.0 Å². The van der Waals surface area contributed by atoms with Crippen molar-refractivity contribution >= 4 is 29.4 Å². The van der Waals surface area contributed by atoms with Crippen LogP contribution in [0.15, 0.2) is 72.5 Å². The van der Waals surface area contributed by atoms with Crippen molar-refractivity contribution in [3.05, 3.63) is 106 Å². The van der Waals surface area contributed by atoms with Crippen LogP contribution in [0.5, 0.6) is 0 Å². The number of carbonyl (C=O) groups is 2. The third kappa shape index (κ3) is 7.18. The Kier molecular flexibility index (Phi) is 10.00. The molecule has 158 valence electrons. The van der Waals surface area contributed by atoms with Gasteiger partial charge >= 0.3 is 24.9 Å². The van der Waals surface area contributed by atoms with Crippen molar-refractivity contribution in [3.8, 4) is 0 Å². The minimum atomic E-state index is -1.08. The number of non-ortho nitro benzene ring substituents is 1. The maximum atomic E-state index is 13.7. The number of nitrogens with one attached hydrogen (secondary N) is 2. The van der Waals surface area contributed by atoms with Crippen molar-refractivity contribution in [3.63, 3.8) is 0 Å². The van der Waals surface area contributed by atoms with Crippen molar-refractivity contribution in [2.45, 2.75) is 0 Å². The molecule has 0 heterocycles. The van der Waals surface area contributed by atoms with Crippen LogP contribution in [0.1, 0.15) is 5.56 Å². The van der Waals surface area contributed by atoms with Gasteiger partial charge in [0, 0.05) is 23.8 Å². The Labute approximate surface area is 194 Å². The number of anilines is 1. The summed E-state index contributed by atoms with van der Waals surface area (Å²) in [6.45, 7) is 8.87. The van der Waals surface area contributed by atoms with E-state index in [4.69, 9.17) is 6.58 Å². The number of imide groups is 1. The molecular formula is C22H16F2LiN3O4. The molecule has 0 aliphatic rings. The number of nitrogens with zero attached hydrogens (tertiary/aromatic N) is 1. The Morgan fingerprint density at radius 3 is 2.53 bits per heavy atom. The standard InChI is InChI=1S/C22H16F2N3O4.Li/c1-3-6-15(4-2)18(12-14-7-5-8-17(11-14)27(30)31)21(28)26-22(29)25-20-10-9-16(23)13-19(20)24;/h1,4-13,15H,2H2,(H2,25,26,28,29);/q-1;+1/b18-12+;. The third-order valence-electron chi connectivity index (χ3n) is 3.96. The molecule has 3 amide bonds. The summed E-state index contributed by atoms with van der Waals surface area (Å²) in [5, 5.41) is 15.1. The number of hydrogen-bond acceptors (Lipinski definition) is 4. The Balaban J connectivity index is 0.00000512. The number of rotatable bonds is 7. The van der Waals surface area contributed by atoms with E-state index in [0.29, 0.717) is 11.6 Å². The molecule has 0 saturated carbocycles. The predicted molar refractivity (Wildman–Crippen MR) is 111 cm³/mol. The summed E-state index contributed by atoms with van der Waals surface area (Å²) in [6.07, 6.45) is 3.96. The summed E-state index contributed by atoms with van der Waals surface area (Å²) < 4.78 is 26.7. The maximum absolute atomic E-state index is 13.7. The van der Waals surface area contributed by atoms with Crippen LogP contribution in [0, 0.1) is 34.2 Å². The molecule has 2 aromatic rings. The monoisotopic (exact) mass is 431 g/mol. The van der Waals surface area contributed by atoms with Gasteiger partial charge in [0.25, 0.3) is 11.6 Å². The van der Waals surface area contributed by atoms with Gasteiger partial charge < -0.3 is 11.0 Å². The van der Waals surface area contributed by atoms with E-state index in [9.17, 15) is 28.5 Å². The number of carbonyl (C=O) groups excluding carboxylic acids is 2. The molecule has 0 spiro atoms. The maximum Gasteiger partial charge on any atom is 1.00 e. The number of allylic oxidation sites excluding steroid dienone is 2. The second-order valence-corrected chi connectivity index (χ2v) is 6.08. The van der Waals surface area contributed by atoms with Crippen LogP contribution in [0.2, 0.25) is 0 Å². The topological polar surface area (TPSA) is 101 Å². The molecular weight excluding hydrogens is 415 g/mol. The van der Waals surface area contributed by atoms with Crippen LogP contribution in [0.3, 0.4) is 0 Å². The van der Waals surface area contributed by atoms with E-state index in [1.54, 1.807) is 0 Å². The number of nitro benzene ring substituents is 1. The average molecular weight is 431 g/mol. The molecule has 0 radical (unpaired) electrons. The zero-order valence-electron chi connectivity index (χ0n) is 17.0. The second kappa shape index (κ2) is 12.2. The first-order valence-corrected chi connectivity index (χ1v) is 8.70. The van der Waals surface area contributed by atoms with Gasteiger partial charge in [0.2, 0.25) is 0 Å². The Bertz CT molecular complexity index is 1130. The van der Waals surface area contributed by atoms with Gasteiger partial charge in [-0.1, -0.05) is 18.2 Å². The molecule has 1 atom stereocenters. The van der Waals surface area contributed by atoms with Gasteiger partial charge in [-0.3, -0.25) is 20.2 Å². The minimum Gasteiger partial charge on any atom is -0.338 e. The molecule has 0 aromatic heterocycles. The van der Waals surface area contributed by atoms with E-state index in [2.05, 4.69) is 17.6 Å². The van der Waals surface area contributed by atoms with Gasteiger partial charge in [-0.05, 0) is 29.7 Å². The number of urea groups is 1. The number of hydrogen-bond donors (Lipinski definition) is 2. The smallest absolute Gasteiger partial charge is 0.338 e. The minimum absolute atomic E-state index is 0. The van der Waals surface area contributed by atoms with Crippen LogP contribution in [0.25, 0.3) is 6.08 Å². The Morgan fingerprint density at radius 1 is 1.22 bits per heavy atom. The summed E-state index contributed by atoms with van der Waals surface area (Å²) in [5.41, 5.74) is 1.99. The SMILES string of the molecule is [CH-]=C=CC(C=C)/C(=C\c1cccc([N+](=O)[O-])c1)C(=O)NC(=O)Nc1ccc(F)cc1F.[Li+]. The fourth-order valence-corrected chi connectivity index (χ4v) is 2.53. The van der Waals surface area contributed by atoms with Crippen molar-refractivity contribution in [2.24, 2.45) is 5.92 Å². The molecule has 0 fully saturated rings. The molecule has 1 unspecified atom stereocenters. The molecule has 0 saturated heterocycles. The van der Waals surface area contributed by atoms with E-state index >= 15 is 0 Å². The van der Waals surface area contributed by atoms with E-state index < -0.39 is 34.4 Å². The summed E-state index contributed by atoms with van der Waals surface area (Å²) in [5.74, 6) is -3.55. The van der Waals surface area contributed by atoms with Crippen molar-refractivity contribution in [1.82, 2.24) is 5.32 Å². The fourth-order valence-electron chi connectivity index (χ4n) is 2.53. The van der Waals surface area contributed by atoms with Crippen molar-refractivity contribution in [1.29, 1.82) is 0 Å². The Hall–Kier alpha value is -3.76. The third-order valence-corrected chi connectivity index (χ3v) is 3.96. The molecule has 32 heavy (non-hydrogen) atoms. The van der Waals surface area contributed by atoms with E-state index in [-0.39, 0.29) is 35.8 Å². The van der Waals surface area contributed by atoms with Crippen LogP contribution in [-0.2, 0) is 4.79 Å². The van der Waals surface area contributed by atoms with E-state index in [0.717, 1.165) is 12.1 Å². The number of nitro groups is 1. The van der Waals surface area contributed by atoms with Crippen LogP contribution in [-0.4, -0.2) is 16.9 Å². The number of halogens is 2. The van der Waals surface area contributed by atoms with E-state index in [1.165, 1.54) is 42.5 Å². The number of amides is 3. The van der Waals surface area contributed by atoms with Gasteiger partial charge in [0.05, 0.1) is 10.6 Å². The first-order valence-electron chi connectivity index (χ1n) is 8.70. The molecule has 7 nitrogen and oxygen atoms in total. The zero-order valence-corrected chi connectivity index (χ0v) is 17.0. The quantitative estimate of drug-likeness (QED) is 0.132. The molecule has 2 N–H and O–H groups in total. The molecule has 0 bridgehead atoms. The summed E-state index contributed by atoms with van der Waals surface area (Å²) in [6, 6.07) is 6.88. The molecule has 0 aliphatic carbocycles. The zero-order chi connectivity index (χ0) is 23.0. The van der Waals surface area contributed by atoms with Gasteiger partial charge in [0.15, 0.2) is 0 Å². The molecule has 0 aliphatic heterocycles. The summed E-state index contributed by atoms with van der Waals surface area (Å²) >= 11 is 0. The van der Waals surface area contributed by atoms with Gasteiger partial charge in [-0.15, -0.1) is 6.58 Å². The van der Waals surface area contributed by atoms with Crippen molar-refractivity contribution < 1.29 is 42.2 Å². The molecule has 10 heteroatoms. The van der Waals surface area contributed by atoms with Gasteiger partial charge in [-0.25, -0.2) is 20.2 Å². The molecule has 2 aromatic carbocycles. The average Bonchev–Trinajstić information content (AvgIpc) is 2.72. The van der Waals surface area contributed by atoms with Gasteiger partial charge in [-0.2, -0.15) is 6.08 Å². The van der Waals surface area contributed by atoms with Crippen LogP contribution < -0.4 is 29.5 Å². The van der Waals surface area contributed by atoms with Crippen LogP contribution >= 0.6 is 0 Å². The predicted octanol–water partition coefficient (Wildman–Crippen LogP) is 1.56. The largest absolute Gasteiger partial charge is 1.00 e. The van der Waals surface area contributed by atoms with Crippen molar-refractivity contribution in [2.75, 3.05) is 5.32 Å². The Morgan fingerprint density at radius 2 is 1.94 bits per heavy atom. The normalized spacial score (nSPS) is 11.2. The fraction of sp³-hybridized carbons (Fsp3) is 0.0455.